The highest BCUT2D eigenvalue weighted by atomic mass is 16.6. The van der Waals surface area contributed by atoms with Gasteiger partial charge in [0.25, 0.3) is 0 Å². The molecule has 102 valence electrons. The van der Waals surface area contributed by atoms with Crippen LogP contribution >= 0.6 is 0 Å². The zero-order valence-corrected chi connectivity index (χ0v) is 12.1. The van der Waals surface area contributed by atoms with Crippen LogP contribution in [-0.4, -0.2) is 19.0 Å². The van der Waals surface area contributed by atoms with Crippen molar-refractivity contribution >= 4 is 5.78 Å². The highest BCUT2D eigenvalue weighted by Crippen LogP contribution is 2.47. The van der Waals surface area contributed by atoms with Crippen LogP contribution in [0, 0.1) is 6.92 Å². The van der Waals surface area contributed by atoms with Crippen molar-refractivity contribution in [1.29, 1.82) is 0 Å². The van der Waals surface area contributed by atoms with Crippen LogP contribution < -0.4 is 0 Å². The summed E-state index contributed by atoms with van der Waals surface area (Å²) >= 11 is 0. The molecule has 2 rings (SSSR count). The van der Waals surface area contributed by atoms with E-state index in [4.69, 9.17) is 9.47 Å². The number of ether oxygens (including phenoxy) is 2. The van der Waals surface area contributed by atoms with Crippen LogP contribution in [0.2, 0.25) is 0 Å². The van der Waals surface area contributed by atoms with Gasteiger partial charge in [-0.1, -0.05) is 29.8 Å². The quantitative estimate of drug-likeness (QED) is 0.834. The van der Waals surface area contributed by atoms with E-state index in [2.05, 4.69) is 0 Å². The van der Waals surface area contributed by atoms with Gasteiger partial charge in [-0.15, -0.1) is 0 Å². The van der Waals surface area contributed by atoms with Gasteiger partial charge in [-0.3, -0.25) is 4.79 Å². The van der Waals surface area contributed by atoms with Gasteiger partial charge in [0.05, 0.1) is 6.10 Å². The second-order valence-corrected chi connectivity index (χ2v) is 5.20. The van der Waals surface area contributed by atoms with Crippen LogP contribution in [0.3, 0.4) is 0 Å². The van der Waals surface area contributed by atoms with Crippen LogP contribution in [0.4, 0.5) is 0 Å². The van der Waals surface area contributed by atoms with Crippen molar-refractivity contribution in [2.75, 3.05) is 7.11 Å². The van der Waals surface area contributed by atoms with Crippen molar-refractivity contribution < 1.29 is 14.3 Å². The van der Waals surface area contributed by atoms with Crippen LogP contribution in [0.5, 0.6) is 0 Å². The minimum atomic E-state index is -1.05. The molecule has 19 heavy (non-hydrogen) atoms. The SMILES string of the molecule is COC1(c2ccc(C)cc2)C(=O)C(C)=C1OC(C)C. The maximum Gasteiger partial charge on any atom is 0.213 e. The van der Waals surface area contributed by atoms with Crippen molar-refractivity contribution in [2.45, 2.75) is 39.4 Å². The third-order valence-electron chi connectivity index (χ3n) is 3.44. The van der Waals surface area contributed by atoms with E-state index in [1.807, 2.05) is 45.0 Å². The Kier molecular flexibility index (Phi) is 3.50. The topological polar surface area (TPSA) is 35.5 Å². The Bertz CT molecular complexity index is 525. The van der Waals surface area contributed by atoms with Crippen LogP contribution in [0.25, 0.3) is 0 Å². The van der Waals surface area contributed by atoms with Crippen molar-refractivity contribution in [3.63, 3.8) is 0 Å². The molecule has 1 unspecified atom stereocenters. The van der Waals surface area contributed by atoms with Crippen molar-refractivity contribution in [1.82, 2.24) is 0 Å². The number of aryl methyl sites for hydroxylation is 1. The standard InChI is InChI=1S/C16H20O3/c1-10(2)19-15-12(4)14(17)16(15,18-5)13-8-6-11(3)7-9-13/h6-10H,1-5H3. The Morgan fingerprint density at radius 1 is 1.11 bits per heavy atom. The van der Waals surface area contributed by atoms with E-state index in [-0.39, 0.29) is 11.9 Å². The van der Waals surface area contributed by atoms with E-state index in [0.717, 1.165) is 11.1 Å². The van der Waals surface area contributed by atoms with Crippen molar-refractivity contribution in [3.8, 4) is 0 Å². The first-order valence-corrected chi connectivity index (χ1v) is 6.48. The van der Waals surface area contributed by atoms with E-state index in [9.17, 15) is 4.79 Å². The molecular weight excluding hydrogens is 240 g/mol. The summed E-state index contributed by atoms with van der Waals surface area (Å²) in [6.45, 7) is 7.68. The third kappa shape index (κ3) is 1.98. The van der Waals surface area contributed by atoms with Crippen LogP contribution in [-0.2, 0) is 19.9 Å². The predicted molar refractivity (Wildman–Crippen MR) is 73.8 cm³/mol. The highest BCUT2D eigenvalue weighted by Gasteiger charge is 2.56. The minimum Gasteiger partial charge on any atom is -0.491 e. The fourth-order valence-electron chi connectivity index (χ4n) is 2.43. The van der Waals surface area contributed by atoms with Gasteiger partial charge in [-0.2, -0.15) is 0 Å². The number of benzene rings is 1. The van der Waals surface area contributed by atoms with Crippen LogP contribution in [0.1, 0.15) is 31.9 Å². The Labute approximate surface area is 114 Å². The molecular formula is C16H20O3. The lowest BCUT2D eigenvalue weighted by Crippen LogP contribution is -2.50. The molecule has 0 saturated heterocycles. The number of carbonyl (C=O) groups is 1. The lowest BCUT2D eigenvalue weighted by Gasteiger charge is -2.42. The van der Waals surface area contributed by atoms with E-state index >= 15 is 0 Å². The molecule has 0 aliphatic heterocycles. The molecule has 3 nitrogen and oxygen atoms in total. The summed E-state index contributed by atoms with van der Waals surface area (Å²) in [6, 6.07) is 7.80. The summed E-state index contributed by atoms with van der Waals surface area (Å²) in [5.41, 5.74) is 1.57. The van der Waals surface area contributed by atoms with E-state index in [1.165, 1.54) is 0 Å². The van der Waals surface area contributed by atoms with Gasteiger partial charge < -0.3 is 9.47 Å². The van der Waals surface area contributed by atoms with Crippen molar-refractivity contribution in [3.05, 3.63) is 46.7 Å². The van der Waals surface area contributed by atoms with Gasteiger partial charge in [-0.25, -0.2) is 0 Å². The number of hydrogen-bond donors (Lipinski definition) is 0. The molecule has 0 heterocycles. The number of ketones is 1. The summed E-state index contributed by atoms with van der Waals surface area (Å²) < 4.78 is 11.4. The summed E-state index contributed by atoms with van der Waals surface area (Å²) in [4.78, 5) is 12.3. The summed E-state index contributed by atoms with van der Waals surface area (Å²) in [5.74, 6) is 0.619. The molecule has 1 aromatic rings. The normalized spacial score (nSPS) is 22.7. The number of methoxy groups -OCH3 is 1. The Morgan fingerprint density at radius 3 is 2.16 bits per heavy atom. The van der Waals surface area contributed by atoms with Gasteiger partial charge in [-0.05, 0) is 33.3 Å². The molecule has 1 aromatic carbocycles. The fourth-order valence-corrected chi connectivity index (χ4v) is 2.43. The lowest BCUT2D eigenvalue weighted by molar-refractivity contribution is -0.147. The maximum atomic E-state index is 12.3. The summed E-state index contributed by atoms with van der Waals surface area (Å²) in [5, 5.41) is 0. The average Bonchev–Trinajstić information content (AvgIpc) is 2.39. The van der Waals surface area contributed by atoms with Crippen LogP contribution in [0.15, 0.2) is 35.6 Å². The van der Waals surface area contributed by atoms with Crippen molar-refractivity contribution in [2.24, 2.45) is 0 Å². The molecule has 3 heteroatoms. The molecule has 0 N–H and O–H groups in total. The molecule has 0 fully saturated rings. The predicted octanol–water partition coefficient (Wildman–Crippen LogP) is 3.12. The molecule has 0 spiro atoms. The summed E-state index contributed by atoms with van der Waals surface area (Å²) in [6.07, 6.45) is 0.0121. The molecule has 1 aliphatic rings. The maximum absolute atomic E-state index is 12.3. The first kappa shape index (κ1) is 13.8. The van der Waals surface area contributed by atoms with E-state index in [0.29, 0.717) is 11.3 Å². The average molecular weight is 260 g/mol. The molecule has 0 aromatic heterocycles. The minimum absolute atomic E-state index is 0.0121. The molecule has 1 atom stereocenters. The molecule has 0 bridgehead atoms. The second kappa shape index (κ2) is 4.82. The number of carbonyl (C=O) groups excluding carboxylic acids is 1. The van der Waals surface area contributed by atoms with E-state index < -0.39 is 5.60 Å². The Balaban J connectivity index is 2.49. The monoisotopic (exact) mass is 260 g/mol. The van der Waals surface area contributed by atoms with Gasteiger partial charge in [0.15, 0.2) is 0 Å². The lowest BCUT2D eigenvalue weighted by atomic mass is 9.73. The molecule has 1 aliphatic carbocycles. The van der Waals surface area contributed by atoms with E-state index in [1.54, 1.807) is 14.0 Å². The highest BCUT2D eigenvalue weighted by molar-refractivity contribution is 6.11. The molecule has 0 radical (unpaired) electrons. The van der Waals surface area contributed by atoms with Gasteiger partial charge >= 0.3 is 0 Å². The second-order valence-electron chi connectivity index (χ2n) is 5.20. The number of hydrogen-bond acceptors (Lipinski definition) is 3. The van der Waals surface area contributed by atoms with Gasteiger partial charge in [0.2, 0.25) is 11.4 Å². The molecule has 0 amide bonds. The molecule has 0 saturated carbocycles. The fraction of sp³-hybridized carbons (Fsp3) is 0.438. The van der Waals surface area contributed by atoms with Gasteiger partial charge in [0.1, 0.15) is 5.76 Å². The first-order valence-electron chi connectivity index (χ1n) is 6.48. The Hall–Kier alpha value is -1.61. The third-order valence-corrected chi connectivity index (χ3v) is 3.44. The Morgan fingerprint density at radius 2 is 1.68 bits per heavy atom. The summed E-state index contributed by atoms with van der Waals surface area (Å²) in [7, 11) is 1.55. The smallest absolute Gasteiger partial charge is 0.213 e. The largest absolute Gasteiger partial charge is 0.491 e. The zero-order valence-electron chi connectivity index (χ0n) is 12.1. The van der Waals surface area contributed by atoms with Gasteiger partial charge in [0, 0.05) is 12.7 Å². The number of Topliss-reactive ketones (excluding diaryl/α,β-unsaturated/α-hetero) is 1. The zero-order chi connectivity index (χ0) is 14.2. The number of rotatable bonds is 4. The first-order chi connectivity index (χ1) is 8.93.